The van der Waals surface area contributed by atoms with E-state index in [1.54, 1.807) is 28.9 Å². The Hall–Kier alpha value is -3.44. The van der Waals surface area contributed by atoms with Gasteiger partial charge in [0.05, 0.1) is 6.04 Å². The molecule has 5 rings (SSSR count). The van der Waals surface area contributed by atoms with Crippen LogP contribution in [0.5, 0.6) is 5.75 Å². The monoisotopic (exact) mass is 563 g/mol. The van der Waals surface area contributed by atoms with E-state index in [1.807, 2.05) is 30.3 Å². The SMILES string of the molecule is CC(=O)Oc1c2n(ccc1=O)N(C1c3ccccc3SCc3c(Cl)cccc31)CN([C@H](C)C(F)(F)F)C2=O. The molecule has 38 heavy (non-hydrogen) atoms. The summed E-state index contributed by atoms with van der Waals surface area (Å²) < 4.78 is 48.3. The maximum atomic E-state index is 14.0. The van der Waals surface area contributed by atoms with Crippen LogP contribution in [0.3, 0.4) is 0 Å². The number of nitrogens with zero attached hydrogens (tertiary/aromatic N) is 3. The third-order valence-corrected chi connectivity index (χ3v) is 8.06. The third-order valence-electron chi connectivity index (χ3n) is 6.59. The van der Waals surface area contributed by atoms with Crippen LogP contribution in [-0.2, 0) is 10.5 Å². The largest absolute Gasteiger partial charge is 0.420 e. The molecule has 0 bridgehead atoms. The highest BCUT2D eigenvalue weighted by molar-refractivity contribution is 7.98. The van der Waals surface area contributed by atoms with E-state index in [0.29, 0.717) is 15.7 Å². The van der Waals surface area contributed by atoms with Crippen LogP contribution < -0.4 is 15.2 Å². The zero-order valence-electron chi connectivity index (χ0n) is 20.2. The molecular formula is C26H21ClF3N3O4S. The lowest BCUT2D eigenvalue weighted by Gasteiger charge is -2.46. The average molecular weight is 564 g/mol. The zero-order chi connectivity index (χ0) is 27.4. The van der Waals surface area contributed by atoms with Crippen LogP contribution in [-0.4, -0.2) is 40.3 Å². The second-order valence-electron chi connectivity index (χ2n) is 8.91. The number of amides is 1. The number of rotatable bonds is 3. The molecule has 2 aliphatic rings. The Morgan fingerprint density at radius 3 is 2.53 bits per heavy atom. The van der Waals surface area contributed by atoms with Gasteiger partial charge in [0.1, 0.15) is 12.7 Å². The summed E-state index contributed by atoms with van der Waals surface area (Å²) in [5, 5.41) is 2.06. The Morgan fingerprint density at radius 1 is 1.11 bits per heavy atom. The lowest BCUT2D eigenvalue weighted by atomic mass is 9.94. The molecule has 0 aliphatic carbocycles. The highest BCUT2D eigenvalue weighted by Gasteiger charge is 2.48. The van der Waals surface area contributed by atoms with Crippen molar-refractivity contribution in [2.24, 2.45) is 0 Å². The molecule has 3 heterocycles. The van der Waals surface area contributed by atoms with Crippen molar-refractivity contribution in [1.29, 1.82) is 0 Å². The summed E-state index contributed by atoms with van der Waals surface area (Å²) >= 11 is 8.12. The van der Waals surface area contributed by atoms with Crippen molar-refractivity contribution in [3.8, 4) is 5.75 Å². The molecule has 0 saturated carbocycles. The van der Waals surface area contributed by atoms with Crippen molar-refractivity contribution in [3.63, 3.8) is 0 Å². The Morgan fingerprint density at radius 2 is 1.82 bits per heavy atom. The van der Waals surface area contributed by atoms with E-state index in [1.165, 1.54) is 10.9 Å². The van der Waals surface area contributed by atoms with Gasteiger partial charge >= 0.3 is 12.1 Å². The standard InChI is InChI=1S/C26H21ClF3N3O4S/c1-14(26(28,29)30)31-13-33(32-11-10-20(35)24(37-15(2)34)23(32)25(31)36)22-16-7-5-8-19(27)18(16)12-38-21-9-4-3-6-17(21)22/h3-11,14,22H,12-13H2,1-2H3/t14-,22?/m1/s1. The van der Waals surface area contributed by atoms with Crippen LogP contribution >= 0.6 is 23.4 Å². The van der Waals surface area contributed by atoms with Gasteiger partial charge in [-0.05, 0) is 35.7 Å². The van der Waals surface area contributed by atoms with Gasteiger partial charge < -0.3 is 9.64 Å². The average Bonchev–Trinajstić information content (AvgIpc) is 3.02. The van der Waals surface area contributed by atoms with Gasteiger partial charge in [0.2, 0.25) is 11.2 Å². The van der Waals surface area contributed by atoms with Crippen molar-refractivity contribution < 1.29 is 27.5 Å². The van der Waals surface area contributed by atoms with Gasteiger partial charge in [-0.2, -0.15) is 13.2 Å². The van der Waals surface area contributed by atoms with Gasteiger partial charge in [-0.25, -0.2) is 0 Å². The van der Waals surface area contributed by atoms with Crippen molar-refractivity contribution in [2.75, 3.05) is 11.7 Å². The fourth-order valence-electron chi connectivity index (χ4n) is 4.73. The summed E-state index contributed by atoms with van der Waals surface area (Å²) in [6.45, 7) is 1.45. The van der Waals surface area contributed by atoms with Crippen LogP contribution in [0.4, 0.5) is 13.2 Å². The van der Waals surface area contributed by atoms with Crippen molar-refractivity contribution in [2.45, 2.75) is 42.8 Å². The van der Waals surface area contributed by atoms with Gasteiger partial charge in [0, 0.05) is 34.9 Å². The molecule has 1 unspecified atom stereocenters. The number of hydrogen-bond donors (Lipinski definition) is 0. The summed E-state index contributed by atoms with van der Waals surface area (Å²) in [5.74, 6) is -2.07. The molecule has 0 fully saturated rings. The molecule has 0 N–H and O–H groups in total. The Kier molecular flexibility index (Phi) is 6.68. The normalized spacial score (nSPS) is 17.7. The Balaban J connectivity index is 1.81. The van der Waals surface area contributed by atoms with E-state index in [2.05, 4.69) is 0 Å². The van der Waals surface area contributed by atoms with E-state index in [-0.39, 0.29) is 0 Å². The fraction of sp³-hybridized carbons (Fsp3) is 0.269. The second-order valence-corrected chi connectivity index (χ2v) is 10.3. The number of thioether (sulfide) groups is 1. The first kappa shape index (κ1) is 26.2. The predicted molar refractivity (Wildman–Crippen MR) is 136 cm³/mol. The maximum absolute atomic E-state index is 14.0. The number of carbonyl (C=O) groups excluding carboxylic acids is 2. The number of carbonyl (C=O) groups is 2. The molecule has 7 nitrogen and oxygen atoms in total. The number of ether oxygens (including phenoxy) is 1. The van der Waals surface area contributed by atoms with E-state index < -0.39 is 53.7 Å². The van der Waals surface area contributed by atoms with Crippen molar-refractivity contribution >= 4 is 35.2 Å². The minimum atomic E-state index is -4.75. The molecule has 1 aromatic heterocycles. The van der Waals surface area contributed by atoms with Crippen LogP contribution in [0.2, 0.25) is 5.02 Å². The lowest BCUT2D eigenvalue weighted by molar-refractivity contribution is -0.173. The van der Waals surface area contributed by atoms with Gasteiger partial charge in [-0.3, -0.25) is 24.1 Å². The lowest BCUT2D eigenvalue weighted by Crippen LogP contribution is -2.60. The number of halogens is 4. The molecule has 12 heteroatoms. The van der Waals surface area contributed by atoms with E-state index >= 15 is 0 Å². The first-order chi connectivity index (χ1) is 18.0. The number of hydrogen-bond acceptors (Lipinski definition) is 6. The van der Waals surface area contributed by atoms with Gasteiger partial charge in [0.15, 0.2) is 5.69 Å². The van der Waals surface area contributed by atoms with Crippen molar-refractivity contribution in [3.05, 3.63) is 92.4 Å². The van der Waals surface area contributed by atoms with Gasteiger partial charge in [-0.1, -0.05) is 41.9 Å². The second kappa shape index (κ2) is 9.70. The Labute approximate surface area is 224 Å². The van der Waals surface area contributed by atoms with E-state index in [4.69, 9.17) is 16.3 Å². The van der Waals surface area contributed by atoms with Crippen LogP contribution in [0.1, 0.15) is 47.1 Å². The quantitative estimate of drug-likeness (QED) is 0.412. The maximum Gasteiger partial charge on any atom is 0.408 e. The van der Waals surface area contributed by atoms with Crippen molar-refractivity contribution in [1.82, 2.24) is 9.58 Å². The zero-order valence-corrected chi connectivity index (χ0v) is 21.7. The molecule has 0 spiro atoms. The topological polar surface area (TPSA) is 71.8 Å². The summed E-state index contributed by atoms with van der Waals surface area (Å²) in [6.07, 6.45) is -3.44. The fourth-order valence-corrected chi connectivity index (χ4v) is 6.20. The smallest absolute Gasteiger partial charge is 0.408 e. The third kappa shape index (κ3) is 4.43. The molecule has 0 saturated heterocycles. The first-order valence-electron chi connectivity index (χ1n) is 11.6. The number of alkyl halides is 3. The minimum absolute atomic E-state index is 0.465. The van der Waals surface area contributed by atoms with Crippen LogP contribution in [0.25, 0.3) is 0 Å². The predicted octanol–water partition coefficient (Wildman–Crippen LogP) is 5.12. The highest BCUT2D eigenvalue weighted by Crippen LogP contribution is 2.45. The Bertz CT molecular complexity index is 1510. The number of pyridine rings is 1. The summed E-state index contributed by atoms with van der Waals surface area (Å²) in [6, 6.07) is 11.0. The molecule has 0 radical (unpaired) electrons. The van der Waals surface area contributed by atoms with Crippen LogP contribution in [0, 0.1) is 0 Å². The summed E-state index contributed by atoms with van der Waals surface area (Å²) in [7, 11) is 0. The highest BCUT2D eigenvalue weighted by atomic mass is 35.5. The van der Waals surface area contributed by atoms with E-state index in [0.717, 1.165) is 41.5 Å². The van der Waals surface area contributed by atoms with Gasteiger partial charge in [0.25, 0.3) is 5.91 Å². The number of benzene rings is 2. The van der Waals surface area contributed by atoms with E-state index in [9.17, 15) is 27.6 Å². The number of fused-ring (bicyclic) bond motifs is 3. The van der Waals surface area contributed by atoms with Gasteiger partial charge in [-0.15, -0.1) is 11.8 Å². The number of esters is 1. The van der Waals surface area contributed by atoms with Crippen LogP contribution in [0.15, 0.2) is 64.4 Å². The molecular weight excluding hydrogens is 543 g/mol. The molecule has 3 aromatic rings. The molecule has 2 aromatic carbocycles. The molecule has 2 atom stereocenters. The summed E-state index contributed by atoms with van der Waals surface area (Å²) in [4.78, 5) is 39.6. The molecule has 198 valence electrons. The molecule has 1 amide bonds. The molecule has 2 aliphatic heterocycles. The summed E-state index contributed by atoms with van der Waals surface area (Å²) in [5.41, 5.74) is 1.05. The first-order valence-corrected chi connectivity index (χ1v) is 12.9. The minimum Gasteiger partial charge on any atom is -0.420 e. The number of aromatic nitrogens is 1.